The lowest BCUT2D eigenvalue weighted by molar-refractivity contribution is -0.0310. The predicted molar refractivity (Wildman–Crippen MR) is 97.0 cm³/mol. The molecule has 3 rings (SSSR count). The maximum Gasteiger partial charge on any atom is 0.270 e. The van der Waals surface area contributed by atoms with Crippen LogP contribution in [-0.2, 0) is 22.4 Å². The first-order valence-electron chi connectivity index (χ1n) is 9.48. The fourth-order valence-electron chi connectivity index (χ4n) is 3.95. The van der Waals surface area contributed by atoms with Gasteiger partial charge in [0.1, 0.15) is 5.69 Å². The number of rotatable bonds is 6. The highest BCUT2D eigenvalue weighted by Crippen LogP contribution is 2.37. The van der Waals surface area contributed by atoms with Crippen molar-refractivity contribution >= 4 is 5.91 Å². The van der Waals surface area contributed by atoms with Gasteiger partial charge in [-0.2, -0.15) is 5.10 Å². The molecule has 0 aromatic carbocycles. The minimum atomic E-state index is -0.692. The zero-order valence-corrected chi connectivity index (χ0v) is 16.4. The van der Waals surface area contributed by atoms with E-state index < -0.39 is 5.60 Å². The molecule has 26 heavy (non-hydrogen) atoms. The third-order valence-corrected chi connectivity index (χ3v) is 5.59. The molecule has 0 unspecified atom stereocenters. The molecule has 0 spiro atoms. The molecule has 1 fully saturated rings. The highest BCUT2D eigenvalue weighted by atomic mass is 16.5. The summed E-state index contributed by atoms with van der Waals surface area (Å²) < 4.78 is 12.8. The smallest absolute Gasteiger partial charge is 0.270 e. The Morgan fingerprint density at radius 2 is 2.12 bits per heavy atom. The summed E-state index contributed by atoms with van der Waals surface area (Å²) in [5.41, 5.74) is 1.78. The molecular weight excluding hydrogens is 334 g/mol. The number of aliphatic hydroxyl groups is 1. The number of hydrogen-bond donors (Lipinski definition) is 2. The van der Waals surface area contributed by atoms with E-state index in [9.17, 15) is 9.90 Å². The van der Waals surface area contributed by atoms with Crippen molar-refractivity contribution in [3.63, 3.8) is 0 Å². The molecule has 2 N–H and O–H groups in total. The van der Waals surface area contributed by atoms with E-state index in [-0.39, 0.29) is 30.1 Å². The van der Waals surface area contributed by atoms with Crippen molar-refractivity contribution in [1.82, 2.24) is 15.1 Å². The Hall–Kier alpha value is -1.44. The molecule has 1 amide bonds. The summed E-state index contributed by atoms with van der Waals surface area (Å²) in [4.78, 5) is 13.0. The lowest BCUT2D eigenvalue weighted by atomic mass is 9.71. The van der Waals surface area contributed by atoms with Gasteiger partial charge < -0.3 is 19.9 Å². The first kappa shape index (κ1) is 19.3. The largest absolute Gasteiger partial charge is 0.390 e. The number of nitrogens with one attached hydrogen (secondary N) is 1. The number of carbonyl (C=O) groups is 1. The molecule has 0 saturated heterocycles. The van der Waals surface area contributed by atoms with Crippen LogP contribution in [0.5, 0.6) is 0 Å². The molecule has 1 aliphatic heterocycles. The number of ether oxygens (including phenoxy) is 2. The van der Waals surface area contributed by atoms with Crippen LogP contribution in [0.3, 0.4) is 0 Å². The lowest BCUT2D eigenvalue weighted by Crippen LogP contribution is -2.51. The van der Waals surface area contributed by atoms with Crippen molar-refractivity contribution in [1.29, 1.82) is 0 Å². The Labute approximate surface area is 155 Å². The van der Waals surface area contributed by atoms with Crippen molar-refractivity contribution in [2.75, 3.05) is 13.7 Å². The van der Waals surface area contributed by atoms with Crippen molar-refractivity contribution in [3.05, 3.63) is 17.0 Å². The average Bonchev–Trinajstić information content (AvgIpc) is 2.85. The SMILES string of the molecule is COCCn1nc2c(c1C(=O)NC1CC(C(C)(C)O)C1)C[C@H](C)O[C@@H]2C. The predicted octanol–water partition coefficient (Wildman–Crippen LogP) is 1.83. The molecule has 7 nitrogen and oxygen atoms in total. The molecule has 2 aliphatic rings. The van der Waals surface area contributed by atoms with Crippen LogP contribution in [0.2, 0.25) is 0 Å². The Bertz CT molecular complexity index is 658. The monoisotopic (exact) mass is 365 g/mol. The van der Waals surface area contributed by atoms with Crippen LogP contribution in [0.4, 0.5) is 0 Å². The number of amides is 1. The van der Waals surface area contributed by atoms with Gasteiger partial charge in [0.2, 0.25) is 0 Å². The maximum atomic E-state index is 13.0. The van der Waals surface area contributed by atoms with Crippen LogP contribution >= 0.6 is 0 Å². The van der Waals surface area contributed by atoms with Crippen molar-refractivity contribution < 1.29 is 19.4 Å². The molecule has 1 aromatic heterocycles. The van der Waals surface area contributed by atoms with Gasteiger partial charge >= 0.3 is 0 Å². The second-order valence-electron chi connectivity index (χ2n) is 8.21. The van der Waals surface area contributed by atoms with Gasteiger partial charge in [-0.05, 0) is 46.5 Å². The second-order valence-corrected chi connectivity index (χ2v) is 8.21. The van der Waals surface area contributed by atoms with Crippen LogP contribution in [0.15, 0.2) is 0 Å². The lowest BCUT2D eigenvalue weighted by Gasteiger charge is -2.42. The Morgan fingerprint density at radius 3 is 2.73 bits per heavy atom. The average molecular weight is 365 g/mol. The topological polar surface area (TPSA) is 85.6 Å². The van der Waals surface area contributed by atoms with Crippen LogP contribution in [-0.4, -0.2) is 52.3 Å². The first-order chi connectivity index (χ1) is 12.2. The van der Waals surface area contributed by atoms with Gasteiger partial charge in [-0.25, -0.2) is 0 Å². The molecule has 1 saturated carbocycles. The summed E-state index contributed by atoms with van der Waals surface area (Å²) in [6.45, 7) is 8.68. The van der Waals surface area contributed by atoms with Gasteiger partial charge in [-0.3, -0.25) is 9.48 Å². The van der Waals surface area contributed by atoms with E-state index in [0.717, 1.165) is 24.1 Å². The number of aromatic nitrogens is 2. The van der Waals surface area contributed by atoms with Gasteiger partial charge in [-0.1, -0.05) is 0 Å². The number of carbonyl (C=O) groups excluding carboxylic acids is 1. The van der Waals surface area contributed by atoms with E-state index in [2.05, 4.69) is 10.4 Å². The summed E-state index contributed by atoms with van der Waals surface area (Å²) in [5.74, 6) is 0.143. The Balaban J connectivity index is 1.78. The molecule has 1 aromatic rings. The van der Waals surface area contributed by atoms with Crippen LogP contribution < -0.4 is 5.32 Å². The summed E-state index contributed by atoms with van der Waals surface area (Å²) in [7, 11) is 1.64. The van der Waals surface area contributed by atoms with Gasteiger partial charge in [-0.15, -0.1) is 0 Å². The zero-order chi connectivity index (χ0) is 19.1. The van der Waals surface area contributed by atoms with Gasteiger partial charge in [0.25, 0.3) is 5.91 Å². The summed E-state index contributed by atoms with van der Waals surface area (Å²) in [6.07, 6.45) is 2.24. The van der Waals surface area contributed by atoms with E-state index in [1.807, 2.05) is 27.7 Å². The Morgan fingerprint density at radius 1 is 1.42 bits per heavy atom. The standard InChI is InChI=1S/C19H31N3O4/c1-11-8-15-16(12(2)26-11)21-22(6-7-25-5)17(15)18(23)20-14-9-13(10-14)19(3,4)24/h11-14,24H,6-10H2,1-5H3,(H,20,23)/t11-,12+,13?,14?/m0/s1. The Kier molecular flexibility index (Phi) is 5.42. The molecular formula is C19H31N3O4. The highest BCUT2D eigenvalue weighted by Gasteiger charge is 2.40. The zero-order valence-electron chi connectivity index (χ0n) is 16.4. The van der Waals surface area contributed by atoms with E-state index in [1.165, 1.54) is 0 Å². The maximum absolute atomic E-state index is 13.0. The van der Waals surface area contributed by atoms with Crippen LogP contribution in [0, 0.1) is 5.92 Å². The van der Waals surface area contributed by atoms with Crippen molar-refractivity contribution in [3.8, 4) is 0 Å². The quantitative estimate of drug-likeness (QED) is 0.803. The number of fused-ring (bicyclic) bond motifs is 1. The third kappa shape index (κ3) is 3.80. The van der Waals surface area contributed by atoms with Crippen LogP contribution in [0.25, 0.3) is 0 Å². The van der Waals surface area contributed by atoms with E-state index in [1.54, 1.807) is 11.8 Å². The van der Waals surface area contributed by atoms with E-state index in [0.29, 0.717) is 25.3 Å². The fraction of sp³-hybridized carbons (Fsp3) is 0.789. The second kappa shape index (κ2) is 7.29. The number of nitrogens with zero attached hydrogens (tertiary/aromatic N) is 2. The van der Waals surface area contributed by atoms with Gasteiger partial charge in [0, 0.05) is 25.1 Å². The van der Waals surface area contributed by atoms with Crippen LogP contribution in [0.1, 0.15) is 68.4 Å². The first-order valence-corrected chi connectivity index (χ1v) is 9.48. The molecule has 2 heterocycles. The van der Waals surface area contributed by atoms with Gasteiger partial charge in [0.05, 0.1) is 36.7 Å². The molecule has 0 radical (unpaired) electrons. The summed E-state index contributed by atoms with van der Waals surface area (Å²) in [6, 6.07) is 0.107. The van der Waals surface area contributed by atoms with Crippen molar-refractivity contribution in [2.45, 2.75) is 77.4 Å². The third-order valence-electron chi connectivity index (χ3n) is 5.59. The normalized spacial score (nSPS) is 28.4. The minimum absolute atomic E-state index is 0.0624. The highest BCUT2D eigenvalue weighted by molar-refractivity contribution is 5.94. The summed E-state index contributed by atoms with van der Waals surface area (Å²) in [5, 5.41) is 17.8. The number of methoxy groups -OCH3 is 1. The van der Waals surface area contributed by atoms with E-state index in [4.69, 9.17) is 9.47 Å². The minimum Gasteiger partial charge on any atom is -0.390 e. The molecule has 2 atom stereocenters. The fourth-order valence-corrected chi connectivity index (χ4v) is 3.95. The molecule has 1 aliphatic carbocycles. The van der Waals surface area contributed by atoms with E-state index >= 15 is 0 Å². The number of hydrogen-bond acceptors (Lipinski definition) is 5. The summed E-state index contributed by atoms with van der Waals surface area (Å²) >= 11 is 0. The molecule has 146 valence electrons. The van der Waals surface area contributed by atoms with Gasteiger partial charge in [0.15, 0.2) is 0 Å². The molecule has 7 heteroatoms. The van der Waals surface area contributed by atoms with Crippen molar-refractivity contribution in [2.24, 2.45) is 5.92 Å². The molecule has 0 bridgehead atoms.